The first-order valence-electron chi connectivity index (χ1n) is 4.98. The molecule has 0 N–H and O–H groups in total. The zero-order valence-corrected chi connectivity index (χ0v) is 10.7. The summed E-state index contributed by atoms with van der Waals surface area (Å²) in [5.74, 6) is -3.26. The molecule has 0 aromatic carbocycles. The van der Waals surface area contributed by atoms with Crippen LogP contribution in [0.3, 0.4) is 0 Å². The molecule has 0 aromatic rings. The van der Waals surface area contributed by atoms with E-state index in [1.165, 1.54) is 14.2 Å². The van der Waals surface area contributed by atoms with E-state index in [2.05, 4.69) is 14.2 Å². The van der Waals surface area contributed by atoms with Crippen LogP contribution in [0.2, 0.25) is 0 Å². The molecule has 0 heterocycles. The van der Waals surface area contributed by atoms with Gasteiger partial charge in [0.2, 0.25) is 0 Å². The normalized spacial score (nSPS) is 10.8. The lowest BCUT2D eigenvalue weighted by Crippen LogP contribution is -2.27. The molecular weight excluding hydrogens is 244 g/mol. The Labute approximate surface area is 105 Å². The molecule has 0 aliphatic heterocycles. The van der Waals surface area contributed by atoms with Gasteiger partial charge in [0.15, 0.2) is 5.92 Å². The Morgan fingerprint density at radius 3 is 1.72 bits per heavy atom. The largest absolute Gasteiger partial charge is 0.501 e. The molecule has 7 heteroatoms. The van der Waals surface area contributed by atoms with Crippen LogP contribution in [0.15, 0.2) is 11.8 Å². The first-order valence-corrected chi connectivity index (χ1v) is 4.98. The fraction of sp³-hybridized carbons (Fsp3) is 0.545. The van der Waals surface area contributed by atoms with E-state index in [1.807, 2.05) is 0 Å². The maximum Gasteiger partial charge on any atom is 0.333 e. The maximum atomic E-state index is 11.4. The van der Waals surface area contributed by atoms with Crippen LogP contribution in [0.4, 0.5) is 0 Å². The third-order valence-corrected chi connectivity index (χ3v) is 2.12. The van der Waals surface area contributed by atoms with Gasteiger partial charge in [-0.05, 0) is 0 Å². The summed E-state index contributed by atoms with van der Waals surface area (Å²) in [5, 5.41) is 0. The molecule has 0 aliphatic carbocycles. The number of allylic oxidation sites excluding steroid dienone is 1. The fourth-order valence-electron chi connectivity index (χ4n) is 1.14. The van der Waals surface area contributed by atoms with Crippen molar-refractivity contribution in [2.24, 2.45) is 5.92 Å². The molecule has 0 aromatic heterocycles. The molecule has 0 atom stereocenters. The van der Waals surface area contributed by atoms with E-state index in [4.69, 9.17) is 4.74 Å². The van der Waals surface area contributed by atoms with Crippen LogP contribution in [0.5, 0.6) is 0 Å². The van der Waals surface area contributed by atoms with Crippen molar-refractivity contribution < 1.29 is 33.3 Å². The summed E-state index contributed by atoms with van der Waals surface area (Å²) in [6, 6.07) is 0. The van der Waals surface area contributed by atoms with Gasteiger partial charge in [-0.3, -0.25) is 9.59 Å². The van der Waals surface area contributed by atoms with Gasteiger partial charge in [-0.15, -0.1) is 0 Å². The molecule has 0 spiro atoms. The van der Waals surface area contributed by atoms with Crippen molar-refractivity contribution in [1.29, 1.82) is 0 Å². The highest BCUT2D eigenvalue weighted by molar-refractivity contribution is 5.95. The number of carbonyl (C=O) groups is 3. The topological polar surface area (TPSA) is 88.1 Å². The SMILES string of the molecule is COC(=O)/C=C(/CC(C(=O)OC)C(=O)OC)OC. The van der Waals surface area contributed by atoms with E-state index in [0.717, 1.165) is 20.3 Å². The Balaban J connectivity index is 4.94. The summed E-state index contributed by atoms with van der Waals surface area (Å²) in [7, 11) is 4.80. The number of carbonyl (C=O) groups excluding carboxylic acids is 3. The predicted molar refractivity (Wildman–Crippen MR) is 59.2 cm³/mol. The second-order valence-electron chi connectivity index (χ2n) is 3.14. The lowest BCUT2D eigenvalue weighted by Gasteiger charge is -2.13. The van der Waals surface area contributed by atoms with Crippen molar-refractivity contribution in [3.8, 4) is 0 Å². The van der Waals surface area contributed by atoms with Gasteiger partial charge in [0.05, 0.1) is 34.5 Å². The first-order chi connectivity index (χ1) is 8.49. The summed E-state index contributed by atoms with van der Waals surface area (Å²) in [6.45, 7) is 0. The van der Waals surface area contributed by atoms with Gasteiger partial charge in [0.1, 0.15) is 5.76 Å². The van der Waals surface area contributed by atoms with Crippen LogP contribution in [0.1, 0.15) is 6.42 Å². The smallest absolute Gasteiger partial charge is 0.333 e. The van der Waals surface area contributed by atoms with Crippen molar-refractivity contribution in [2.75, 3.05) is 28.4 Å². The molecule has 0 saturated carbocycles. The number of rotatable bonds is 6. The molecule has 18 heavy (non-hydrogen) atoms. The van der Waals surface area contributed by atoms with Gasteiger partial charge in [-0.2, -0.15) is 0 Å². The number of esters is 3. The van der Waals surface area contributed by atoms with Gasteiger partial charge >= 0.3 is 17.9 Å². The predicted octanol–water partition coefficient (Wildman–Crippen LogP) is 0.0420. The van der Waals surface area contributed by atoms with Gasteiger partial charge in [-0.25, -0.2) is 4.79 Å². The maximum absolute atomic E-state index is 11.4. The van der Waals surface area contributed by atoms with Gasteiger partial charge in [0, 0.05) is 6.42 Å². The van der Waals surface area contributed by atoms with Crippen LogP contribution in [0, 0.1) is 5.92 Å². The Morgan fingerprint density at radius 1 is 0.889 bits per heavy atom. The van der Waals surface area contributed by atoms with Crippen LogP contribution in [0.25, 0.3) is 0 Å². The van der Waals surface area contributed by atoms with Crippen molar-refractivity contribution in [3.63, 3.8) is 0 Å². The highest BCUT2D eigenvalue weighted by Gasteiger charge is 2.30. The van der Waals surface area contributed by atoms with E-state index in [9.17, 15) is 14.4 Å². The third-order valence-electron chi connectivity index (χ3n) is 2.12. The Bertz CT molecular complexity index is 329. The number of hydrogen-bond acceptors (Lipinski definition) is 7. The summed E-state index contributed by atoms with van der Waals surface area (Å²) < 4.78 is 18.2. The van der Waals surface area contributed by atoms with E-state index < -0.39 is 23.8 Å². The monoisotopic (exact) mass is 260 g/mol. The number of hydrogen-bond donors (Lipinski definition) is 0. The van der Waals surface area contributed by atoms with Crippen molar-refractivity contribution in [1.82, 2.24) is 0 Å². The molecule has 0 aliphatic rings. The molecule has 0 radical (unpaired) electrons. The van der Waals surface area contributed by atoms with Crippen molar-refractivity contribution in [3.05, 3.63) is 11.8 Å². The minimum Gasteiger partial charge on any atom is -0.501 e. The highest BCUT2D eigenvalue weighted by atomic mass is 16.5. The van der Waals surface area contributed by atoms with Crippen LogP contribution in [-0.2, 0) is 33.3 Å². The molecular formula is C11H16O7. The first kappa shape index (κ1) is 16.0. The minimum atomic E-state index is -1.18. The summed E-state index contributed by atoms with van der Waals surface area (Å²) in [4.78, 5) is 33.8. The molecule has 102 valence electrons. The lowest BCUT2D eigenvalue weighted by molar-refractivity contribution is -0.159. The summed E-state index contributed by atoms with van der Waals surface area (Å²) in [5.41, 5.74) is 0. The Hall–Kier alpha value is -2.05. The molecule has 0 unspecified atom stereocenters. The van der Waals surface area contributed by atoms with E-state index >= 15 is 0 Å². The summed E-state index contributed by atoms with van der Waals surface area (Å²) in [6.07, 6.45) is 0.893. The van der Waals surface area contributed by atoms with E-state index in [0.29, 0.717) is 0 Å². The molecule has 0 bridgehead atoms. The molecule has 0 amide bonds. The van der Waals surface area contributed by atoms with Crippen LogP contribution < -0.4 is 0 Å². The molecule has 0 rings (SSSR count). The van der Waals surface area contributed by atoms with Gasteiger partial charge in [0.25, 0.3) is 0 Å². The lowest BCUT2D eigenvalue weighted by atomic mass is 10.0. The Morgan fingerprint density at radius 2 is 1.39 bits per heavy atom. The van der Waals surface area contributed by atoms with Gasteiger partial charge in [-0.1, -0.05) is 0 Å². The molecule has 0 fully saturated rings. The second-order valence-corrected chi connectivity index (χ2v) is 3.14. The minimum absolute atomic E-state index is 0.114. The quantitative estimate of drug-likeness (QED) is 0.219. The summed E-state index contributed by atoms with van der Waals surface area (Å²) >= 11 is 0. The molecule has 7 nitrogen and oxygen atoms in total. The van der Waals surface area contributed by atoms with E-state index in [1.54, 1.807) is 0 Å². The number of methoxy groups -OCH3 is 4. The van der Waals surface area contributed by atoms with Gasteiger partial charge < -0.3 is 18.9 Å². The van der Waals surface area contributed by atoms with Crippen molar-refractivity contribution in [2.45, 2.75) is 6.42 Å². The van der Waals surface area contributed by atoms with Crippen LogP contribution in [-0.4, -0.2) is 46.3 Å². The second kappa shape index (κ2) is 8.10. The number of ether oxygens (including phenoxy) is 4. The highest BCUT2D eigenvalue weighted by Crippen LogP contribution is 2.16. The Kier molecular flexibility index (Phi) is 7.18. The van der Waals surface area contributed by atoms with Crippen LogP contribution >= 0.6 is 0 Å². The standard InChI is InChI=1S/C11H16O7/c1-15-7(6-9(12)16-2)5-8(10(13)17-3)11(14)18-4/h6,8H,5H2,1-4H3/b7-6-. The third kappa shape index (κ3) is 4.86. The zero-order chi connectivity index (χ0) is 14.1. The van der Waals surface area contributed by atoms with E-state index in [-0.39, 0.29) is 12.2 Å². The zero-order valence-electron chi connectivity index (χ0n) is 10.7. The fourth-order valence-corrected chi connectivity index (χ4v) is 1.14. The molecule has 0 saturated heterocycles. The average Bonchev–Trinajstić information content (AvgIpc) is 2.41. The average molecular weight is 260 g/mol. The van der Waals surface area contributed by atoms with Crippen molar-refractivity contribution >= 4 is 17.9 Å².